The molecule has 1 aliphatic rings. The molecule has 13 atom stereocenters. The summed E-state index contributed by atoms with van der Waals surface area (Å²) in [5.41, 5.74) is 6.58. The lowest BCUT2D eigenvalue weighted by molar-refractivity contribution is -0.160. The third kappa shape index (κ3) is 15.7. The van der Waals surface area contributed by atoms with Crippen molar-refractivity contribution in [2.45, 2.75) is 129 Å². The van der Waals surface area contributed by atoms with Gasteiger partial charge in [-0.15, -0.1) is 0 Å². The van der Waals surface area contributed by atoms with E-state index in [-0.39, 0.29) is 73.3 Å². The fraction of sp³-hybridized carbons (Fsp3) is 0.646. The second-order valence-corrected chi connectivity index (χ2v) is 17.9. The molecule has 3 N–H and O–H groups in total. The lowest BCUT2D eigenvalue weighted by Crippen LogP contribution is -2.39. The first-order valence-electron chi connectivity index (χ1n) is 22.8. The minimum Gasteiger partial charge on any atom is -0.462 e. The number of fused-ring (bicyclic) bond motifs is 8. The number of hydrogen-bond acceptors (Lipinski definition) is 17. The molecule has 0 unspecified atom stereocenters. The van der Waals surface area contributed by atoms with Gasteiger partial charge in [0, 0.05) is 78.2 Å². The van der Waals surface area contributed by atoms with Gasteiger partial charge in [0.05, 0.1) is 30.8 Å². The molecule has 67 heavy (non-hydrogen) atoms. The molecule has 3 aromatic rings. The fourth-order valence-electron chi connectivity index (χ4n) is 8.69. The van der Waals surface area contributed by atoms with Gasteiger partial charge in [0.15, 0.2) is 11.4 Å². The number of aromatic nitrogens is 3. The summed E-state index contributed by atoms with van der Waals surface area (Å²) < 4.78 is 52.4. The number of esters is 1. The Balaban J connectivity index is 1.60. The lowest BCUT2D eigenvalue weighted by atomic mass is 9.84. The van der Waals surface area contributed by atoms with Crippen LogP contribution in [-0.4, -0.2) is 121 Å². The Hall–Kier alpha value is -5.21. The number of amides is 2. The van der Waals surface area contributed by atoms with Gasteiger partial charge in [0.25, 0.3) is 0 Å². The van der Waals surface area contributed by atoms with Crippen LogP contribution in [0.1, 0.15) is 104 Å². The zero-order chi connectivity index (χ0) is 49.4. The first-order valence-corrected chi connectivity index (χ1v) is 22.8. The molecule has 0 saturated carbocycles. The maximum atomic E-state index is 14.0. The maximum absolute atomic E-state index is 14.0. The van der Waals surface area contributed by atoms with Gasteiger partial charge in [-0.1, -0.05) is 53.7 Å². The van der Waals surface area contributed by atoms with Crippen molar-refractivity contribution in [3.8, 4) is 23.2 Å². The number of hydrogen-bond donors (Lipinski definition) is 2. The normalized spacial score (nSPS) is 25.8. The first kappa shape index (κ1) is 54.4. The number of Topliss-reactive ketones (excluding diaryl/α,β-unsaturated/α-hetero) is 1. The predicted molar refractivity (Wildman–Crippen MR) is 244 cm³/mol. The van der Waals surface area contributed by atoms with E-state index in [1.807, 2.05) is 53.7 Å². The summed E-state index contributed by atoms with van der Waals surface area (Å²) in [4.78, 5) is 65.7. The predicted octanol–water partition coefficient (Wildman–Crippen LogP) is 7.20. The molecular weight excluding hydrogens is 871 g/mol. The molecular formula is C48H71N5O14. The average molecular weight is 942 g/mol. The molecule has 19 nitrogen and oxygen atoms in total. The number of nitrogens with zero attached hydrogens (tertiary/aromatic N) is 4. The molecule has 0 spiro atoms. The number of ketones is 1. The molecule has 19 heteroatoms. The third-order valence-electron chi connectivity index (χ3n) is 12.8. The van der Waals surface area contributed by atoms with E-state index in [0.717, 1.165) is 0 Å². The highest BCUT2D eigenvalue weighted by molar-refractivity contribution is 5.81. The smallest absolute Gasteiger partial charge is 0.404 e. The Morgan fingerprint density at radius 2 is 1.63 bits per heavy atom. The number of carbonyl (C=O) groups is 4. The van der Waals surface area contributed by atoms with Crippen molar-refractivity contribution >= 4 is 30.3 Å². The number of rotatable bonds is 17. The van der Waals surface area contributed by atoms with Gasteiger partial charge in [-0.2, -0.15) is 0 Å². The largest absolute Gasteiger partial charge is 0.462 e. The zero-order valence-corrected chi connectivity index (χ0v) is 40.7. The van der Waals surface area contributed by atoms with Gasteiger partial charge in [-0.25, -0.2) is 19.7 Å². The Morgan fingerprint density at radius 1 is 0.940 bits per heavy atom. The number of aliphatic hydroxyl groups is 1. The number of methoxy groups -OCH3 is 4. The van der Waals surface area contributed by atoms with Crippen molar-refractivity contribution in [1.29, 1.82) is 0 Å². The van der Waals surface area contributed by atoms with Crippen LogP contribution in [-0.2, 0) is 42.8 Å². The van der Waals surface area contributed by atoms with Gasteiger partial charge in [0.1, 0.15) is 48.6 Å². The monoisotopic (exact) mass is 941 g/mol. The highest BCUT2D eigenvalue weighted by atomic mass is 16.6. The number of ether oxygens (including phenoxy) is 6. The van der Waals surface area contributed by atoms with Crippen LogP contribution in [0.15, 0.2) is 50.4 Å². The number of carbonyl (C=O) groups excluding carboxylic acids is 4. The number of cyclic esters (lactones) is 1. The third-order valence-corrected chi connectivity index (χ3v) is 12.8. The van der Waals surface area contributed by atoms with Gasteiger partial charge in [0.2, 0.25) is 24.1 Å². The van der Waals surface area contributed by atoms with Crippen LogP contribution in [0.5, 0.6) is 0 Å². The van der Waals surface area contributed by atoms with E-state index >= 15 is 0 Å². The van der Waals surface area contributed by atoms with Gasteiger partial charge in [-0.05, 0) is 43.6 Å². The van der Waals surface area contributed by atoms with E-state index in [1.165, 1.54) is 30.8 Å². The average Bonchev–Trinajstić information content (AvgIpc) is 4.09. The molecule has 3 aromatic heterocycles. The van der Waals surface area contributed by atoms with E-state index in [4.69, 9.17) is 47.4 Å². The number of nitrogens with two attached hydrogens (primary N) is 1. The second kappa shape index (κ2) is 26.4. The summed E-state index contributed by atoms with van der Waals surface area (Å²) >= 11 is 0. The highest BCUT2D eigenvalue weighted by Crippen LogP contribution is 2.34. The molecule has 0 aromatic carbocycles. The minimum atomic E-state index is -1.05. The minimum absolute atomic E-state index is 0.0194. The summed E-state index contributed by atoms with van der Waals surface area (Å²) in [6, 6.07) is 0. The van der Waals surface area contributed by atoms with Crippen molar-refractivity contribution < 1.29 is 66.0 Å². The standard InChI is InChI=1S/C48H71N5O14/c1-27-19-33(66-48(49)58)21-43(57)67-41(22-40(60-9)28(2)15-16-37(55)30(4)44(61-10)29(3)17-18-53(7)26-54)32(6)39(59-8)13-12-14-42-50-35(24-63-42)46-52-36(25-65-46)47-51-34(23-64-47)45(62-11)31(5)38(56)20-27/h12,14,17-18,23-33,38-41,44-45,56H,13,15-16,19-22H2,1-11H3,(H2,49,58)/t27-,28-,29+,30+,31-,32+,33-,38+,39+,40+,41-,44-,45+/m1/s1. The highest BCUT2D eigenvalue weighted by Gasteiger charge is 2.36. The summed E-state index contributed by atoms with van der Waals surface area (Å²) in [5, 5.41) is 11.4. The van der Waals surface area contributed by atoms with Crippen LogP contribution in [0.3, 0.4) is 0 Å². The molecule has 0 fully saturated rings. The quantitative estimate of drug-likeness (QED) is 0.100. The second-order valence-electron chi connectivity index (χ2n) is 17.9. The first-order chi connectivity index (χ1) is 31.9. The van der Waals surface area contributed by atoms with E-state index in [9.17, 15) is 24.3 Å². The molecule has 4 heterocycles. The van der Waals surface area contributed by atoms with Crippen LogP contribution >= 0.6 is 0 Å². The van der Waals surface area contributed by atoms with Crippen molar-refractivity contribution in [3.63, 3.8) is 0 Å². The van der Waals surface area contributed by atoms with Gasteiger partial charge >= 0.3 is 12.1 Å². The lowest BCUT2D eigenvalue weighted by Gasteiger charge is -2.34. The maximum Gasteiger partial charge on any atom is 0.404 e. The van der Waals surface area contributed by atoms with E-state index < -0.39 is 72.5 Å². The van der Waals surface area contributed by atoms with Crippen molar-refractivity contribution in [1.82, 2.24) is 19.9 Å². The van der Waals surface area contributed by atoms with E-state index in [1.54, 1.807) is 40.7 Å². The SMILES string of the molecule is CO[C@H]([C@@H](C)C=CN(C)C=O)[C@@H](C)C(=O)CC[C@@H](C)[C@H](C[C@H]1OC(=O)C[C@H](OC(N)=O)C[C@@H](C)C[C@H](O)[C@@H](C)[C@H](OC)c2coc(n2)-c2coc(n2)-c2coc(n2)C=CC[C@H](OC)[C@@H]1C)OC. The van der Waals surface area contributed by atoms with Crippen LogP contribution in [0, 0.1) is 35.5 Å². The molecule has 372 valence electrons. The number of oxazole rings is 3. The number of aliphatic hydroxyl groups excluding tert-OH is 1. The van der Waals surface area contributed by atoms with Crippen LogP contribution < -0.4 is 5.73 Å². The van der Waals surface area contributed by atoms with E-state index in [0.29, 0.717) is 36.3 Å². The Labute approximate surface area is 393 Å². The molecule has 2 amide bonds. The van der Waals surface area contributed by atoms with Crippen LogP contribution in [0.2, 0.25) is 0 Å². The van der Waals surface area contributed by atoms with Crippen LogP contribution in [0.25, 0.3) is 29.2 Å². The molecule has 4 rings (SSSR count). The van der Waals surface area contributed by atoms with Crippen molar-refractivity contribution in [2.24, 2.45) is 41.2 Å². The van der Waals surface area contributed by atoms with Gasteiger partial charge < -0.3 is 57.4 Å². The Kier molecular flexibility index (Phi) is 21.4. The summed E-state index contributed by atoms with van der Waals surface area (Å²) in [5.74, 6) is -1.84. The van der Waals surface area contributed by atoms with Gasteiger partial charge in [-0.3, -0.25) is 14.4 Å². The van der Waals surface area contributed by atoms with Crippen molar-refractivity contribution in [2.75, 3.05) is 35.5 Å². The molecule has 0 aliphatic carbocycles. The number of primary amides is 1. The van der Waals surface area contributed by atoms with Crippen LogP contribution in [0.4, 0.5) is 4.79 Å². The fourth-order valence-corrected chi connectivity index (χ4v) is 8.69. The molecule has 1 aliphatic heterocycles. The topological polar surface area (TPSA) is 251 Å². The summed E-state index contributed by atoms with van der Waals surface area (Å²) in [6.45, 7) is 11.4. The molecule has 0 radical (unpaired) electrons. The summed E-state index contributed by atoms with van der Waals surface area (Å²) in [7, 11) is 7.86. The molecule has 0 saturated heterocycles. The zero-order valence-electron chi connectivity index (χ0n) is 40.7. The van der Waals surface area contributed by atoms with Crippen molar-refractivity contribution in [3.05, 3.63) is 48.7 Å². The Morgan fingerprint density at radius 3 is 2.28 bits per heavy atom. The summed E-state index contributed by atoms with van der Waals surface area (Å²) in [6.07, 6.45) is 7.75. The van der Waals surface area contributed by atoms with E-state index in [2.05, 4.69) is 15.0 Å². The molecule has 6 bridgehead atoms. The Bertz CT molecular complexity index is 2060.